The molecule has 2 heterocycles. The molecule has 2 saturated heterocycles. The molecule has 12 heteroatoms. The highest BCUT2D eigenvalue weighted by Gasteiger charge is 2.43. The predicted molar refractivity (Wildman–Crippen MR) is 194 cm³/mol. The van der Waals surface area contributed by atoms with Gasteiger partial charge in [-0.1, -0.05) is 48.5 Å². The van der Waals surface area contributed by atoms with Crippen LogP contribution >= 0.6 is 0 Å². The first-order valence-electron chi connectivity index (χ1n) is 17.6. The topological polar surface area (TPSA) is 131 Å². The minimum Gasteiger partial charge on any atom is -0.496 e. The van der Waals surface area contributed by atoms with Crippen molar-refractivity contribution in [2.45, 2.75) is 63.6 Å². The van der Waals surface area contributed by atoms with Crippen molar-refractivity contribution in [2.75, 3.05) is 46.6 Å². The molecule has 0 radical (unpaired) electrons. The summed E-state index contributed by atoms with van der Waals surface area (Å²) in [5, 5.41) is 13.3. The molecule has 0 bridgehead atoms. The Morgan fingerprint density at radius 1 is 0.904 bits per heavy atom. The highest BCUT2D eigenvalue weighted by atomic mass is 16.6. The number of nitro groups is 1. The molecule has 0 N–H and O–H groups in total. The molecule has 4 aromatic carbocycles. The SMILES string of the molecule is COc1cc(CO[C@H]2CN(C(=O)OC(C)(C)C)C[C@@H](OC[C@H]3CO3)[C@@H]2c2ccc(OCCCOc3ccccc3[N+](=O)[O-])cc2)cc2ccccc12. The van der Waals surface area contributed by atoms with Crippen molar-refractivity contribution >= 4 is 22.6 Å². The highest BCUT2D eigenvalue weighted by Crippen LogP contribution is 2.36. The van der Waals surface area contributed by atoms with Gasteiger partial charge in [0.2, 0.25) is 0 Å². The van der Waals surface area contributed by atoms with Gasteiger partial charge in [0, 0.05) is 23.8 Å². The van der Waals surface area contributed by atoms with Crippen LogP contribution in [0.1, 0.15) is 44.2 Å². The first-order chi connectivity index (χ1) is 25.1. The number of epoxide rings is 1. The summed E-state index contributed by atoms with van der Waals surface area (Å²) < 4.78 is 41.8. The van der Waals surface area contributed by atoms with Gasteiger partial charge in [-0.25, -0.2) is 4.79 Å². The number of ether oxygens (including phenoxy) is 7. The molecule has 0 unspecified atom stereocenters. The van der Waals surface area contributed by atoms with Crippen LogP contribution in [-0.4, -0.2) is 86.5 Å². The van der Waals surface area contributed by atoms with Gasteiger partial charge in [0.15, 0.2) is 5.75 Å². The van der Waals surface area contributed by atoms with Crippen LogP contribution in [0.15, 0.2) is 84.9 Å². The van der Waals surface area contributed by atoms with Gasteiger partial charge in [0.25, 0.3) is 0 Å². The molecule has 0 saturated carbocycles. The molecular weight excluding hydrogens is 668 g/mol. The summed E-state index contributed by atoms with van der Waals surface area (Å²) in [5.74, 6) is 1.45. The molecule has 0 spiro atoms. The van der Waals surface area contributed by atoms with Crippen molar-refractivity contribution in [1.29, 1.82) is 0 Å². The van der Waals surface area contributed by atoms with Crippen molar-refractivity contribution in [1.82, 2.24) is 4.90 Å². The van der Waals surface area contributed by atoms with Crippen molar-refractivity contribution in [3.8, 4) is 17.2 Å². The Labute approximate surface area is 303 Å². The fourth-order valence-corrected chi connectivity index (χ4v) is 6.33. The number of rotatable bonds is 15. The Morgan fingerprint density at radius 2 is 1.60 bits per heavy atom. The maximum absolute atomic E-state index is 13.4. The van der Waals surface area contributed by atoms with E-state index in [4.69, 9.17) is 33.2 Å². The third-order valence-corrected chi connectivity index (χ3v) is 8.86. The minimum absolute atomic E-state index is 0.0368. The molecule has 276 valence electrons. The van der Waals surface area contributed by atoms with Crippen molar-refractivity contribution in [2.24, 2.45) is 0 Å². The number of piperidine rings is 1. The zero-order chi connectivity index (χ0) is 36.7. The second-order valence-electron chi connectivity index (χ2n) is 14.0. The molecule has 6 rings (SSSR count). The maximum atomic E-state index is 13.4. The van der Waals surface area contributed by atoms with Crippen LogP contribution in [0.3, 0.4) is 0 Å². The lowest BCUT2D eigenvalue weighted by atomic mass is 9.84. The largest absolute Gasteiger partial charge is 0.496 e. The van der Waals surface area contributed by atoms with Gasteiger partial charge in [-0.05, 0) is 67.6 Å². The number of hydrogen-bond donors (Lipinski definition) is 0. The number of amides is 1. The number of likely N-dealkylation sites (tertiary alicyclic amines) is 1. The molecule has 0 aliphatic carbocycles. The lowest BCUT2D eigenvalue weighted by molar-refractivity contribution is -0.385. The van der Waals surface area contributed by atoms with Crippen LogP contribution in [0, 0.1) is 10.1 Å². The summed E-state index contributed by atoms with van der Waals surface area (Å²) in [6.45, 7) is 8.17. The molecule has 12 nitrogen and oxygen atoms in total. The van der Waals surface area contributed by atoms with Gasteiger partial charge in [0.1, 0.15) is 23.2 Å². The van der Waals surface area contributed by atoms with Crippen LogP contribution in [0.2, 0.25) is 0 Å². The van der Waals surface area contributed by atoms with Crippen LogP contribution in [-0.2, 0) is 25.6 Å². The van der Waals surface area contributed by atoms with Gasteiger partial charge in [-0.15, -0.1) is 0 Å². The van der Waals surface area contributed by atoms with Gasteiger partial charge in [-0.3, -0.25) is 10.1 Å². The van der Waals surface area contributed by atoms with E-state index in [2.05, 4.69) is 6.07 Å². The summed E-state index contributed by atoms with van der Waals surface area (Å²) in [6, 6.07) is 26.3. The standard InChI is InChI=1S/C40H46N2O10/c1-40(2,3)52-39(43)41-22-36(50-24-27-20-29-10-5-6-11-32(29)35(21-27)46-4)38(37(23-41)51-26-31-25-49-31)28-14-16-30(17-15-28)47-18-9-19-48-34-13-8-7-12-33(34)42(44)45/h5-8,10-17,20-21,31,36-38H,9,18-19,22-26H2,1-4H3/t31-,36+,37-,38-/m1/s1. The van der Waals surface area contributed by atoms with Gasteiger partial charge >= 0.3 is 11.8 Å². The van der Waals surface area contributed by atoms with Gasteiger partial charge < -0.3 is 38.1 Å². The molecule has 2 aliphatic heterocycles. The minimum atomic E-state index is -0.661. The zero-order valence-corrected chi connectivity index (χ0v) is 30.0. The molecule has 4 atom stereocenters. The smallest absolute Gasteiger partial charge is 0.410 e. The Morgan fingerprint density at radius 3 is 2.31 bits per heavy atom. The third-order valence-electron chi connectivity index (χ3n) is 8.86. The molecule has 2 fully saturated rings. The summed E-state index contributed by atoms with van der Waals surface area (Å²) in [5.41, 5.74) is 1.20. The van der Waals surface area contributed by atoms with E-state index in [-0.39, 0.29) is 30.1 Å². The number of nitro benzene ring substituents is 1. The van der Waals surface area contributed by atoms with E-state index >= 15 is 0 Å². The summed E-state index contributed by atoms with van der Waals surface area (Å²) in [6.07, 6.45) is -0.680. The van der Waals surface area contributed by atoms with Crippen molar-refractivity contribution in [3.05, 3.63) is 106 Å². The third kappa shape index (κ3) is 9.69. The number of carbonyl (C=O) groups is 1. The molecule has 2 aliphatic rings. The van der Waals surface area contributed by atoms with E-state index in [1.165, 1.54) is 6.07 Å². The fraction of sp³-hybridized carbons (Fsp3) is 0.425. The lowest BCUT2D eigenvalue weighted by Crippen LogP contribution is -2.55. The summed E-state index contributed by atoms with van der Waals surface area (Å²) in [4.78, 5) is 25.9. The average Bonchev–Trinajstić information content (AvgIpc) is 3.97. The Kier molecular flexibility index (Phi) is 11.8. The Bertz CT molecular complexity index is 1820. The monoisotopic (exact) mass is 714 g/mol. The van der Waals surface area contributed by atoms with Crippen molar-refractivity contribution < 1.29 is 42.9 Å². The number of benzene rings is 4. The zero-order valence-electron chi connectivity index (χ0n) is 30.0. The Balaban J connectivity index is 1.18. The highest BCUT2D eigenvalue weighted by molar-refractivity contribution is 5.89. The summed E-state index contributed by atoms with van der Waals surface area (Å²) >= 11 is 0. The Hall–Kier alpha value is -4.91. The summed E-state index contributed by atoms with van der Waals surface area (Å²) in [7, 11) is 1.66. The number of methoxy groups -OCH3 is 1. The normalized spacial score (nSPS) is 20.0. The van der Waals surface area contributed by atoms with Crippen LogP contribution < -0.4 is 14.2 Å². The molecule has 4 aromatic rings. The first kappa shape index (κ1) is 36.9. The van der Waals surface area contributed by atoms with Gasteiger partial charge in [-0.2, -0.15) is 0 Å². The van der Waals surface area contributed by atoms with Gasteiger partial charge in [0.05, 0.1) is 70.4 Å². The number of hydrogen-bond acceptors (Lipinski definition) is 10. The van der Waals surface area contributed by atoms with E-state index in [0.717, 1.165) is 27.6 Å². The molecular formula is C40H46N2O10. The number of fused-ring (bicyclic) bond motifs is 1. The number of para-hydroxylation sites is 2. The quantitative estimate of drug-likeness (QED) is 0.0535. The van der Waals surface area contributed by atoms with Crippen molar-refractivity contribution in [3.63, 3.8) is 0 Å². The predicted octanol–water partition coefficient (Wildman–Crippen LogP) is 7.31. The molecule has 1 amide bonds. The van der Waals surface area contributed by atoms with E-state index < -0.39 is 28.8 Å². The molecule has 52 heavy (non-hydrogen) atoms. The van der Waals surface area contributed by atoms with E-state index in [0.29, 0.717) is 51.7 Å². The number of nitrogens with zero attached hydrogens (tertiary/aromatic N) is 2. The molecule has 0 aromatic heterocycles. The maximum Gasteiger partial charge on any atom is 0.410 e. The second-order valence-corrected chi connectivity index (χ2v) is 14.0. The average molecular weight is 715 g/mol. The number of carbonyl (C=O) groups excluding carboxylic acids is 1. The fourth-order valence-electron chi connectivity index (χ4n) is 6.33. The van der Waals surface area contributed by atoms with Crippen LogP contribution in [0.5, 0.6) is 17.2 Å². The van der Waals surface area contributed by atoms with Crippen LogP contribution in [0.25, 0.3) is 10.8 Å². The van der Waals surface area contributed by atoms with E-state index in [1.807, 2.05) is 75.4 Å². The second kappa shape index (κ2) is 16.6. The van der Waals surface area contributed by atoms with E-state index in [1.54, 1.807) is 30.2 Å². The van der Waals surface area contributed by atoms with Crippen LogP contribution in [0.4, 0.5) is 10.5 Å². The lowest BCUT2D eigenvalue weighted by Gasteiger charge is -2.43. The van der Waals surface area contributed by atoms with E-state index in [9.17, 15) is 14.9 Å². The first-order valence-corrected chi connectivity index (χ1v) is 17.6.